The fourth-order valence-corrected chi connectivity index (χ4v) is 11.1. The van der Waals surface area contributed by atoms with Gasteiger partial charge in [-0.15, -0.1) is 5.10 Å². The molecular formula is C40H41FN6O4Si. The number of fused-ring (bicyclic) bond motifs is 3. The van der Waals surface area contributed by atoms with E-state index >= 15 is 4.11 Å². The van der Waals surface area contributed by atoms with Crippen LogP contribution in [0.25, 0.3) is 16.6 Å². The van der Waals surface area contributed by atoms with Crippen molar-refractivity contribution in [3.63, 3.8) is 0 Å². The molecule has 2 aliphatic rings. The average Bonchev–Trinajstić information content (AvgIpc) is 3.89. The fraction of sp³-hybridized carbons (Fsp3) is 0.300. The summed E-state index contributed by atoms with van der Waals surface area (Å²) < 4.78 is 26.6. The molecule has 5 atom stereocenters. The van der Waals surface area contributed by atoms with Gasteiger partial charge in [0.15, 0.2) is 5.60 Å². The van der Waals surface area contributed by atoms with Crippen molar-refractivity contribution in [3.8, 4) is 5.69 Å². The standard InChI is InChI=1S/C40H41FN6O4Si/c1-26-37(52(2,3)41)36(20-21-45-24-34(42-44-45)31(25-48)28-13-5-4-6-14-28)51-40(26)32-17-8-10-19-35(32)46(39(40)50)23-27-12-11-15-29(22-27)47-38(49)30-16-7-9-18-33(30)43-47/h4-19,22,24,26,31,36-37,43,48H,20-21,23,25H2,1-3H3/t26-,31?,36+,37-,40+/m1/s1. The molecule has 1 unspecified atom stereocenters. The number of nitrogens with one attached hydrogen (secondary N) is 1. The van der Waals surface area contributed by atoms with Crippen LogP contribution in [0.15, 0.2) is 114 Å². The van der Waals surface area contributed by atoms with Gasteiger partial charge in [-0.3, -0.25) is 19.4 Å². The minimum absolute atomic E-state index is 0.109. The van der Waals surface area contributed by atoms with Crippen molar-refractivity contribution in [2.75, 3.05) is 11.5 Å². The minimum atomic E-state index is -3.37. The molecule has 2 aromatic heterocycles. The van der Waals surface area contributed by atoms with Gasteiger partial charge in [-0.2, -0.15) is 0 Å². The van der Waals surface area contributed by atoms with Crippen LogP contribution in [-0.2, 0) is 28.2 Å². The zero-order valence-electron chi connectivity index (χ0n) is 29.3. The lowest BCUT2D eigenvalue weighted by molar-refractivity contribution is -0.146. The number of para-hydroxylation sites is 2. The van der Waals surface area contributed by atoms with Gasteiger partial charge in [-0.05, 0) is 61.0 Å². The first-order chi connectivity index (χ1) is 25.1. The molecule has 52 heavy (non-hydrogen) atoms. The molecule has 2 aliphatic heterocycles. The number of hydrogen-bond donors (Lipinski definition) is 2. The molecule has 1 fully saturated rings. The largest absolute Gasteiger partial charge is 0.395 e. The van der Waals surface area contributed by atoms with Crippen LogP contribution >= 0.6 is 0 Å². The molecule has 6 aromatic rings. The number of H-pyrrole nitrogens is 1. The van der Waals surface area contributed by atoms with Crippen LogP contribution in [0.3, 0.4) is 0 Å². The Kier molecular flexibility index (Phi) is 8.55. The van der Waals surface area contributed by atoms with Crippen molar-refractivity contribution in [2.24, 2.45) is 5.92 Å². The van der Waals surface area contributed by atoms with Crippen molar-refractivity contribution >= 4 is 30.9 Å². The number of rotatable bonds is 10. The van der Waals surface area contributed by atoms with Crippen LogP contribution in [-0.4, -0.2) is 56.9 Å². The van der Waals surface area contributed by atoms with E-state index in [1.807, 2.05) is 110 Å². The predicted molar refractivity (Wildman–Crippen MR) is 200 cm³/mol. The Hall–Kier alpha value is -5.17. The Morgan fingerprint density at radius 1 is 0.981 bits per heavy atom. The van der Waals surface area contributed by atoms with Gasteiger partial charge in [-0.25, -0.2) is 4.68 Å². The maximum atomic E-state index is 16.4. The number of aliphatic hydroxyl groups excluding tert-OH is 1. The number of anilines is 1. The highest BCUT2D eigenvalue weighted by molar-refractivity contribution is 6.72. The Morgan fingerprint density at radius 3 is 2.50 bits per heavy atom. The molecule has 4 aromatic carbocycles. The van der Waals surface area contributed by atoms with Crippen LogP contribution in [0.4, 0.5) is 9.80 Å². The fourth-order valence-electron chi connectivity index (χ4n) is 8.54. The first kappa shape index (κ1) is 33.9. The van der Waals surface area contributed by atoms with E-state index in [0.29, 0.717) is 29.7 Å². The van der Waals surface area contributed by atoms with E-state index in [0.717, 1.165) is 27.9 Å². The highest BCUT2D eigenvalue weighted by Gasteiger charge is 2.66. The summed E-state index contributed by atoms with van der Waals surface area (Å²) in [5, 5.41) is 22.6. The molecule has 1 saturated heterocycles. The monoisotopic (exact) mass is 716 g/mol. The summed E-state index contributed by atoms with van der Waals surface area (Å²) in [6, 6.07) is 32.3. The Balaban J connectivity index is 1.07. The second-order valence-electron chi connectivity index (χ2n) is 14.5. The predicted octanol–water partition coefficient (Wildman–Crippen LogP) is 6.45. The Bertz CT molecular complexity index is 2320. The van der Waals surface area contributed by atoms with E-state index in [1.165, 1.54) is 4.68 Å². The topological polar surface area (TPSA) is 118 Å². The first-order valence-corrected chi connectivity index (χ1v) is 20.7. The summed E-state index contributed by atoms with van der Waals surface area (Å²) in [6.45, 7) is 5.90. The maximum Gasteiger partial charge on any atom is 0.279 e. The van der Waals surface area contributed by atoms with Gasteiger partial charge in [0, 0.05) is 29.8 Å². The van der Waals surface area contributed by atoms with Gasteiger partial charge in [0.05, 0.1) is 53.1 Å². The number of amides is 1. The molecule has 0 bridgehead atoms. The normalized spacial score (nSPS) is 22.1. The third-order valence-corrected chi connectivity index (χ3v) is 13.4. The lowest BCUT2D eigenvalue weighted by Gasteiger charge is -2.31. The maximum absolute atomic E-state index is 16.4. The van der Waals surface area contributed by atoms with E-state index in [2.05, 4.69) is 15.4 Å². The zero-order valence-corrected chi connectivity index (χ0v) is 30.3. The van der Waals surface area contributed by atoms with Gasteiger partial charge in [0.2, 0.25) is 8.41 Å². The van der Waals surface area contributed by atoms with E-state index < -0.39 is 31.6 Å². The SMILES string of the molecule is C[C@@H]1[C@@H]([Si](C)(C)F)[C@H](CCn2cc(C(CO)c3ccccc3)nn2)O[C@@]12C(=O)N(Cc1cccc(-n3[nH]c4ccccc4c3=O)c1)c1ccccc12. The number of aliphatic hydroxyl groups is 1. The second-order valence-corrected chi connectivity index (χ2v) is 18.3. The van der Waals surface area contributed by atoms with Gasteiger partial charge in [0.1, 0.15) is 0 Å². The smallest absolute Gasteiger partial charge is 0.279 e. The van der Waals surface area contributed by atoms with Gasteiger partial charge in [0.25, 0.3) is 11.5 Å². The number of nitrogens with zero attached hydrogens (tertiary/aromatic N) is 5. The van der Waals surface area contributed by atoms with Crippen LogP contribution in [0.1, 0.15) is 41.6 Å². The Labute approximate surface area is 301 Å². The molecular weight excluding hydrogens is 676 g/mol. The number of hydrogen-bond acceptors (Lipinski definition) is 6. The molecule has 1 spiro atoms. The number of carbonyl (C=O) groups excluding carboxylic acids is 1. The highest BCUT2D eigenvalue weighted by atomic mass is 28.4. The Morgan fingerprint density at radius 2 is 1.73 bits per heavy atom. The number of ether oxygens (including phenoxy) is 1. The number of aromatic nitrogens is 5. The molecule has 1 amide bonds. The number of carbonyl (C=O) groups is 1. The third kappa shape index (κ3) is 5.62. The highest BCUT2D eigenvalue weighted by Crippen LogP contribution is 2.60. The summed E-state index contributed by atoms with van der Waals surface area (Å²) in [6.07, 6.45) is 1.72. The van der Waals surface area contributed by atoms with Crippen LogP contribution in [0.2, 0.25) is 18.6 Å². The molecule has 0 radical (unpaired) electrons. The molecule has 2 N–H and O–H groups in total. The van der Waals surface area contributed by atoms with Gasteiger partial charge < -0.3 is 18.9 Å². The minimum Gasteiger partial charge on any atom is -0.395 e. The van der Waals surface area contributed by atoms with Crippen LogP contribution in [0, 0.1) is 5.92 Å². The molecule has 266 valence electrons. The van der Waals surface area contributed by atoms with Gasteiger partial charge in [-0.1, -0.05) is 84.9 Å². The van der Waals surface area contributed by atoms with Crippen molar-refractivity contribution in [1.82, 2.24) is 24.8 Å². The lowest BCUT2D eigenvalue weighted by atomic mass is 9.82. The second kappa shape index (κ2) is 13.1. The zero-order chi connectivity index (χ0) is 36.2. The van der Waals surface area contributed by atoms with E-state index in [-0.39, 0.29) is 30.5 Å². The van der Waals surface area contributed by atoms with Crippen molar-refractivity contribution in [3.05, 3.63) is 142 Å². The van der Waals surface area contributed by atoms with Crippen molar-refractivity contribution in [1.29, 1.82) is 0 Å². The molecule has 10 nitrogen and oxygen atoms in total. The number of benzene rings is 4. The molecule has 8 rings (SSSR count). The van der Waals surface area contributed by atoms with Crippen molar-refractivity contribution in [2.45, 2.75) is 62.7 Å². The van der Waals surface area contributed by atoms with Crippen LogP contribution in [0.5, 0.6) is 0 Å². The summed E-state index contributed by atoms with van der Waals surface area (Å²) in [5.74, 6) is -0.951. The summed E-state index contributed by atoms with van der Waals surface area (Å²) in [4.78, 5) is 29.8. The summed E-state index contributed by atoms with van der Waals surface area (Å²) >= 11 is 0. The number of aryl methyl sites for hydroxylation is 1. The van der Waals surface area contributed by atoms with Gasteiger partial charge >= 0.3 is 0 Å². The summed E-state index contributed by atoms with van der Waals surface area (Å²) in [7, 11) is -3.37. The average molecular weight is 717 g/mol. The van der Waals surface area contributed by atoms with Crippen LogP contribution < -0.4 is 10.5 Å². The van der Waals surface area contributed by atoms with E-state index in [4.69, 9.17) is 4.74 Å². The third-order valence-electron chi connectivity index (χ3n) is 10.9. The van der Waals surface area contributed by atoms with E-state index in [9.17, 15) is 14.7 Å². The molecule has 0 saturated carbocycles. The number of halogens is 1. The molecule has 4 heterocycles. The molecule has 0 aliphatic carbocycles. The lowest BCUT2D eigenvalue weighted by Crippen LogP contribution is -2.45. The quantitative estimate of drug-likeness (QED) is 0.124. The van der Waals surface area contributed by atoms with E-state index in [1.54, 1.807) is 28.7 Å². The number of aromatic amines is 1. The first-order valence-electron chi connectivity index (χ1n) is 17.7. The molecule has 12 heteroatoms. The summed E-state index contributed by atoms with van der Waals surface area (Å²) in [5.41, 5.74) is 3.36. The van der Waals surface area contributed by atoms with Crippen molar-refractivity contribution < 1.29 is 18.7 Å².